The van der Waals surface area contributed by atoms with Crippen LogP contribution in [0.5, 0.6) is 0 Å². The molecule has 1 heteroatoms. The maximum atomic E-state index is 2.30. The molecule has 1 rings (SSSR count). The number of hydrogen-bond acceptors (Lipinski definition) is 1. The third-order valence-electron chi connectivity index (χ3n) is 1.99. The van der Waals surface area contributed by atoms with E-state index in [-0.39, 0.29) is 0 Å². The van der Waals surface area contributed by atoms with Crippen LogP contribution in [-0.4, -0.2) is 6.26 Å². The summed E-state index contributed by atoms with van der Waals surface area (Å²) in [5.74, 6) is 0.747. The lowest BCUT2D eigenvalue weighted by Crippen LogP contribution is -1.94. The van der Waals surface area contributed by atoms with E-state index in [0.717, 1.165) is 5.92 Å². The van der Waals surface area contributed by atoms with Crippen molar-refractivity contribution in [2.24, 2.45) is 5.92 Å². The van der Waals surface area contributed by atoms with E-state index in [1.54, 1.807) is 0 Å². The molecule has 0 saturated heterocycles. The predicted molar refractivity (Wildman–Crippen MR) is 61.5 cm³/mol. The molecule has 0 bridgehead atoms. The Kier molecular flexibility index (Phi) is 3.86. The molecule has 0 N–H and O–H groups in total. The van der Waals surface area contributed by atoms with Gasteiger partial charge in [0.2, 0.25) is 0 Å². The van der Waals surface area contributed by atoms with Crippen LogP contribution in [0, 0.1) is 12.8 Å². The molecule has 0 saturated carbocycles. The molecule has 0 amide bonds. The first-order valence-corrected chi connectivity index (χ1v) is 5.99. The van der Waals surface area contributed by atoms with Gasteiger partial charge in [-0.05, 0) is 48.8 Å². The Hall–Kier alpha value is -0.430. The molecule has 72 valence electrons. The molecule has 0 radical (unpaired) electrons. The Labute approximate surface area is 85.7 Å². The zero-order valence-electron chi connectivity index (χ0n) is 8.92. The summed E-state index contributed by atoms with van der Waals surface area (Å²) in [6.45, 7) is 6.70. The highest BCUT2D eigenvalue weighted by molar-refractivity contribution is 7.98. The van der Waals surface area contributed by atoms with Crippen LogP contribution in [0.2, 0.25) is 0 Å². The summed E-state index contributed by atoms with van der Waals surface area (Å²) >= 11 is 1.82. The highest BCUT2D eigenvalue weighted by Gasteiger charge is 2.00. The van der Waals surface area contributed by atoms with Crippen molar-refractivity contribution in [1.82, 2.24) is 0 Å². The van der Waals surface area contributed by atoms with Gasteiger partial charge in [-0.3, -0.25) is 0 Å². The lowest BCUT2D eigenvalue weighted by molar-refractivity contribution is 0.646. The lowest BCUT2D eigenvalue weighted by atomic mass is 10.0. The van der Waals surface area contributed by atoms with Crippen molar-refractivity contribution in [1.29, 1.82) is 0 Å². The third-order valence-corrected chi connectivity index (χ3v) is 2.70. The molecule has 0 aromatic heterocycles. The van der Waals surface area contributed by atoms with Crippen LogP contribution in [0.1, 0.15) is 25.0 Å². The smallest absolute Gasteiger partial charge is 0.00745 e. The van der Waals surface area contributed by atoms with E-state index in [1.807, 2.05) is 11.8 Å². The van der Waals surface area contributed by atoms with E-state index in [4.69, 9.17) is 0 Å². The first-order chi connectivity index (χ1) is 6.11. The lowest BCUT2D eigenvalue weighted by Gasteiger charge is -2.07. The van der Waals surface area contributed by atoms with Gasteiger partial charge in [0.15, 0.2) is 0 Å². The van der Waals surface area contributed by atoms with Crippen LogP contribution in [0.4, 0.5) is 0 Å². The van der Waals surface area contributed by atoms with E-state index in [2.05, 4.69) is 45.2 Å². The first kappa shape index (κ1) is 10.6. The summed E-state index contributed by atoms with van der Waals surface area (Å²) in [5, 5.41) is 0. The number of rotatable bonds is 3. The average molecular weight is 194 g/mol. The molecule has 0 nitrogen and oxygen atoms in total. The van der Waals surface area contributed by atoms with Crippen molar-refractivity contribution < 1.29 is 0 Å². The third kappa shape index (κ3) is 3.43. The second-order valence-corrected chi connectivity index (χ2v) is 4.84. The van der Waals surface area contributed by atoms with Crippen LogP contribution in [0.3, 0.4) is 0 Å². The Balaban J connectivity index is 2.88. The van der Waals surface area contributed by atoms with Crippen molar-refractivity contribution in [3.8, 4) is 0 Å². The molecule has 0 heterocycles. The van der Waals surface area contributed by atoms with E-state index in [9.17, 15) is 0 Å². The van der Waals surface area contributed by atoms with Gasteiger partial charge in [-0.25, -0.2) is 0 Å². The first-order valence-electron chi connectivity index (χ1n) is 4.76. The second kappa shape index (κ2) is 4.71. The maximum absolute atomic E-state index is 2.30. The summed E-state index contributed by atoms with van der Waals surface area (Å²) in [4.78, 5) is 1.38. The summed E-state index contributed by atoms with van der Waals surface area (Å²) < 4.78 is 0. The van der Waals surface area contributed by atoms with Gasteiger partial charge >= 0.3 is 0 Å². The zero-order chi connectivity index (χ0) is 9.84. The van der Waals surface area contributed by atoms with Gasteiger partial charge in [0.25, 0.3) is 0 Å². The Morgan fingerprint density at radius 3 is 2.46 bits per heavy atom. The topological polar surface area (TPSA) is 0 Å². The Morgan fingerprint density at radius 2 is 1.92 bits per heavy atom. The number of aryl methyl sites for hydroxylation is 1. The van der Waals surface area contributed by atoms with E-state index in [0.29, 0.717) is 0 Å². The maximum Gasteiger partial charge on any atom is 0.00745 e. The van der Waals surface area contributed by atoms with E-state index in [1.165, 1.54) is 22.4 Å². The van der Waals surface area contributed by atoms with Crippen LogP contribution < -0.4 is 0 Å². The minimum atomic E-state index is 0.747. The monoisotopic (exact) mass is 194 g/mol. The summed E-state index contributed by atoms with van der Waals surface area (Å²) in [5.41, 5.74) is 2.85. The fourth-order valence-electron chi connectivity index (χ4n) is 1.53. The predicted octanol–water partition coefficient (Wildman–Crippen LogP) is 3.92. The molecule has 1 aromatic rings. The van der Waals surface area contributed by atoms with Crippen molar-refractivity contribution in [2.45, 2.75) is 32.1 Å². The van der Waals surface area contributed by atoms with Gasteiger partial charge in [0, 0.05) is 4.90 Å². The van der Waals surface area contributed by atoms with Crippen molar-refractivity contribution in [3.63, 3.8) is 0 Å². The quantitative estimate of drug-likeness (QED) is 0.657. The van der Waals surface area contributed by atoms with Gasteiger partial charge < -0.3 is 0 Å². The van der Waals surface area contributed by atoms with Crippen LogP contribution in [0.15, 0.2) is 23.1 Å². The fraction of sp³-hybridized carbons (Fsp3) is 0.500. The molecular formula is C12H18S. The van der Waals surface area contributed by atoms with Crippen molar-refractivity contribution >= 4 is 11.8 Å². The minimum absolute atomic E-state index is 0.747. The van der Waals surface area contributed by atoms with Gasteiger partial charge in [-0.1, -0.05) is 19.9 Å². The van der Waals surface area contributed by atoms with Gasteiger partial charge in [0.1, 0.15) is 0 Å². The molecular weight excluding hydrogens is 176 g/mol. The second-order valence-electron chi connectivity index (χ2n) is 3.96. The highest BCUT2D eigenvalue weighted by atomic mass is 32.2. The molecule has 13 heavy (non-hydrogen) atoms. The molecule has 0 fully saturated rings. The highest BCUT2D eigenvalue weighted by Crippen LogP contribution is 2.20. The largest absolute Gasteiger partial charge is 0.130 e. The van der Waals surface area contributed by atoms with Crippen molar-refractivity contribution in [2.75, 3.05) is 6.26 Å². The minimum Gasteiger partial charge on any atom is -0.130 e. The van der Waals surface area contributed by atoms with Crippen molar-refractivity contribution in [3.05, 3.63) is 29.3 Å². The molecule has 0 spiro atoms. The molecule has 0 aliphatic rings. The van der Waals surface area contributed by atoms with Gasteiger partial charge in [0.05, 0.1) is 0 Å². The summed E-state index contributed by atoms with van der Waals surface area (Å²) in [6, 6.07) is 6.84. The van der Waals surface area contributed by atoms with Crippen LogP contribution >= 0.6 is 11.8 Å². The van der Waals surface area contributed by atoms with E-state index >= 15 is 0 Å². The zero-order valence-corrected chi connectivity index (χ0v) is 9.74. The number of benzene rings is 1. The Morgan fingerprint density at radius 1 is 1.23 bits per heavy atom. The normalized spacial score (nSPS) is 10.8. The van der Waals surface area contributed by atoms with Crippen LogP contribution in [-0.2, 0) is 6.42 Å². The molecule has 0 aliphatic heterocycles. The molecule has 0 unspecified atom stereocenters. The fourth-order valence-corrected chi connectivity index (χ4v) is 2.10. The number of thioether (sulfide) groups is 1. The molecule has 0 aliphatic carbocycles. The van der Waals surface area contributed by atoms with E-state index < -0.39 is 0 Å². The standard InChI is InChI=1S/C12H18S/c1-9(2)5-11-6-10(3)7-12(8-11)13-4/h6-9H,5H2,1-4H3. The number of hydrogen-bond donors (Lipinski definition) is 0. The Bertz CT molecular complexity index is 276. The summed E-state index contributed by atoms with van der Waals surface area (Å²) in [7, 11) is 0. The summed E-state index contributed by atoms with van der Waals surface area (Å²) in [6.07, 6.45) is 3.32. The average Bonchev–Trinajstić information content (AvgIpc) is 2.01. The molecule has 0 atom stereocenters. The van der Waals surface area contributed by atoms with Gasteiger partial charge in [-0.15, -0.1) is 11.8 Å². The van der Waals surface area contributed by atoms with Gasteiger partial charge in [-0.2, -0.15) is 0 Å². The molecule has 1 aromatic carbocycles. The SMILES string of the molecule is CSc1cc(C)cc(CC(C)C)c1. The van der Waals surface area contributed by atoms with Crippen LogP contribution in [0.25, 0.3) is 0 Å².